The van der Waals surface area contributed by atoms with Gasteiger partial charge in [0.2, 0.25) is 0 Å². The van der Waals surface area contributed by atoms with Crippen LogP contribution in [0.15, 0.2) is 36.7 Å². The third-order valence-electron chi connectivity index (χ3n) is 2.94. The van der Waals surface area contributed by atoms with Gasteiger partial charge in [-0.2, -0.15) is 5.10 Å². The number of halogens is 1. The number of rotatable bonds is 3. The van der Waals surface area contributed by atoms with Gasteiger partial charge in [0.15, 0.2) is 0 Å². The van der Waals surface area contributed by atoms with Crippen LogP contribution in [0.2, 0.25) is 5.02 Å². The summed E-state index contributed by atoms with van der Waals surface area (Å²) in [5.41, 5.74) is 1.17. The SMILES string of the molecule is CC(C(=O)OC(C)(C)C)c1cnn(-c2cccc(Cl)c2)c1. The molecule has 0 bridgehead atoms. The second-order valence-electron chi connectivity index (χ2n) is 5.95. The standard InChI is InChI=1S/C16H19ClN2O2/c1-11(15(20)21-16(2,3)4)12-9-18-19(10-12)14-7-5-6-13(17)8-14/h5-11H,1-4H3. The topological polar surface area (TPSA) is 44.1 Å². The molecule has 2 aromatic rings. The Morgan fingerprint density at radius 1 is 1.38 bits per heavy atom. The summed E-state index contributed by atoms with van der Waals surface area (Å²) < 4.78 is 7.09. The van der Waals surface area contributed by atoms with Crippen molar-refractivity contribution in [1.82, 2.24) is 9.78 Å². The van der Waals surface area contributed by atoms with E-state index in [0.717, 1.165) is 11.3 Å². The Kier molecular flexibility index (Phi) is 4.37. The molecule has 0 fully saturated rings. The smallest absolute Gasteiger partial charge is 0.313 e. The highest BCUT2D eigenvalue weighted by Gasteiger charge is 2.24. The maximum Gasteiger partial charge on any atom is 0.313 e. The van der Waals surface area contributed by atoms with Crippen LogP contribution >= 0.6 is 11.6 Å². The summed E-state index contributed by atoms with van der Waals surface area (Å²) in [6, 6.07) is 7.38. The average Bonchev–Trinajstić information content (AvgIpc) is 2.85. The maximum absolute atomic E-state index is 12.1. The van der Waals surface area contributed by atoms with Crippen LogP contribution in [0, 0.1) is 0 Å². The number of esters is 1. The Hall–Kier alpha value is -1.81. The highest BCUT2D eigenvalue weighted by molar-refractivity contribution is 6.30. The van der Waals surface area contributed by atoms with Crippen molar-refractivity contribution in [2.75, 3.05) is 0 Å². The van der Waals surface area contributed by atoms with Gasteiger partial charge in [-0.3, -0.25) is 4.79 Å². The molecule has 112 valence electrons. The van der Waals surface area contributed by atoms with Crippen LogP contribution in [0.25, 0.3) is 5.69 Å². The molecule has 5 heteroatoms. The predicted octanol–water partition coefficient (Wildman–Crippen LogP) is 3.97. The molecule has 0 saturated carbocycles. The Morgan fingerprint density at radius 2 is 2.10 bits per heavy atom. The largest absolute Gasteiger partial charge is 0.460 e. The minimum absolute atomic E-state index is 0.256. The van der Waals surface area contributed by atoms with Gasteiger partial charge in [0.05, 0.1) is 17.8 Å². The van der Waals surface area contributed by atoms with Crippen LogP contribution in [0.3, 0.4) is 0 Å². The first-order valence-electron chi connectivity index (χ1n) is 6.79. The molecule has 0 spiro atoms. The first-order valence-corrected chi connectivity index (χ1v) is 7.17. The van der Waals surface area contributed by atoms with E-state index in [9.17, 15) is 4.79 Å². The normalized spacial score (nSPS) is 13.0. The molecule has 0 aliphatic carbocycles. The van der Waals surface area contributed by atoms with E-state index in [1.54, 1.807) is 16.9 Å². The molecule has 2 rings (SSSR count). The van der Waals surface area contributed by atoms with E-state index in [2.05, 4.69) is 5.10 Å². The zero-order valence-corrected chi connectivity index (χ0v) is 13.4. The molecule has 1 unspecified atom stereocenters. The third kappa shape index (κ3) is 4.08. The zero-order valence-electron chi connectivity index (χ0n) is 12.6. The highest BCUT2D eigenvalue weighted by Crippen LogP contribution is 2.21. The van der Waals surface area contributed by atoms with Crippen molar-refractivity contribution >= 4 is 17.6 Å². The molecular formula is C16H19ClN2O2. The maximum atomic E-state index is 12.1. The minimum Gasteiger partial charge on any atom is -0.460 e. The van der Waals surface area contributed by atoms with Crippen molar-refractivity contribution < 1.29 is 9.53 Å². The summed E-state index contributed by atoms with van der Waals surface area (Å²) in [6.07, 6.45) is 3.50. The second kappa shape index (κ2) is 5.90. The number of ether oxygens (including phenoxy) is 1. The molecule has 0 amide bonds. The van der Waals surface area contributed by atoms with Gasteiger partial charge in [0.25, 0.3) is 0 Å². The fourth-order valence-corrected chi connectivity index (χ4v) is 2.03. The number of benzene rings is 1. The van der Waals surface area contributed by atoms with Gasteiger partial charge in [0.1, 0.15) is 5.60 Å². The van der Waals surface area contributed by atoms with Crippen molar-refractivity contribution in [1.29, 1.82) is 0 Å². The summed E-state index contributed by atoms with van der Waals surface area (Å²) in [5.74, 6) is -0.620. The Balaban J connectivity index is 2.18. The van der Waals surface area contributed by atoms with Gasteiger partial charge in [-0.25, -0.2) is 4.68 Å². The van der Waals surface area contributed by atoms with Crippen LogP contribution in [-0.4, -0.2) is 21.4 Å². The second-order valence-corrected chi connectivity index (χ2v) is 6.39. The minimum atomic E-state index is -0.492. The fraction of sp³-hybridized carbons (Fsp3) is 0.375. The van der Waals surface area contributed by atoms with Crippen molar-refractivity contribution in [3.63, 3.8) is 0 Å². The van der Waals surface area contributed by atoms with Gasteiger partial charge in [-0.1, -0.05) is 17.7 Å². The number of carbonyl (C=O) groups excluding carboxylic acids is 1. The lowest BCUT2D eigenvalue weighted by atomic mass is 10.1. The summed E-state index contributed by atoms with van der Waals surface area (Å²) in [6.45, 7) is 7.38. The van der Waals surface area contributed by atoms with E-state index in [-0.39, 0.29) is 11.9 Å². The van der Waals surface area contributed by atoms with E-state index in [1.807, 2.05) is 52.1 Å². The van der Waals surface area contributed by atoms with Gasteiger partial charge >= 0.3 is 5.97 Å². The van der Waals surface area contributed by atoms with Gasteiger partial charge in [-0.05, 0) is 45.9 Å². The van der Waals surface area contributed by atoms with Crippen molar-refractivity contribution in [3.05, 3.63) is 47.2 Å². The Bertz CT molecular complexity index is 644. The first kappa shape index (κ1) is 15.6. The lowest BCUT2D eigenvalue weighted by Gasteiger charge is -2.21. The quantitative estimate of drug-likeness (QED) is 0.806. The fourth-order valence-electron chi connectivity index (χ4n) is 1.85. The van der Waals surface area contributed by atoms with Crippen LogP contribution in [-0.2, 0) is 9.53 Å². The highest BCUT2D eigenvalue weighted by atomic mass is 35.5. The molecule has 0 saturated heterocycles. The summed E-state index contributed by atoms with van der Waals surface area (Å²) in [5, 5.41) is 4.92. The number of carbonyl (C=O) groups is 1. The number of hydrogen-bond donors (Lipinski definition) is 0. The van der Waals surface area contributed by atoms with Crippen LogP contribution in [0.1, 0.15) is 39.2 Å². The summed E-state index contributed by atoms with van der Waals surface area (Å²) in [4.78, 5) is 12.1. The predicted molar refractivity (Wildman–Crippen MR) is 82.8 cm³/mol. The summed E-state index contributed by atoms with van der Waals surface area (Å²) >= 11 is 5.97. The van der Waals surface area contributed by atoms with Gasteiger partial charge in [-0.15, -0.1) is 0 Å². The molecular weight excluding hydrogens is 288 g/mol. The Morgan fingerprint density at radius 3 is 2.71 bits per heavy atom. The van der Waals surface area contributed by atoms with Crippen molar-refractivity contribution in [2.24, 2.45) is 0 Å². The molecule has 0 N–H and O–H groups in total. The number of aromatic nitrogens is 2. The first-order chi connectivity index (χ1) is 9.76. The van der Waals surface area contributed by atoms with Crippen LogP contribution in [0.4, 0.5) is 0 Å². The van der Waals surface area contributed by atoms with E-state index < -0.39 is 5.60 Å². The van der Waals surface area contributed by atoms with E-state index in [1.165, 1.54) is 0 Å². The van der Waals surface area contributed by atoms with Gasteiger partial charge < -0.3 is 4.74 Å². The molecule has 1 heterocycles. The summed E-state index contributed by atoms with van der Waals surface area (Å²) in [7, 11) is 0. The molecule has 1 aromatic carbocycles. The van der Waals surface area contributed by atoms with Crippen LogP contribution < -0.4 is 0 Å². The van der Waals surface area contributed by atoms with Gasteiger partial charge in [0, 0.05) is 16.8 Å². The van der Waals surface area contributed by atoms with E-state index in [4.69, 9.17) is 16.3 Å². The number of nitrogens with zero attached hydrogens (tertiary/aromatic N) is 2. The van der Waals surface area contributed by atoms with Crippen LogP contribution in [0.5, 0.6) is 0 Å². The molecule has 0 radical (unpaired) electrons. The third-order valence-corrected chi connectivity index (χ3v) is 3.17. The van der Waals surface area contributed by atoms with E-state index in [0.29, 0.717) is 5.02 Å². The average molecular weight is 307 g/mol. The molecule has 1 aromatic heterocycles. The Labute approximate surface area is 129 Å². The molecule has 4 nitrogen and oxygen atoms in total. The van der Waals surface area contributed by atoms with E-state index >= 15 is 0 Å². The van der Waals surface area contributed by atoms with Crippen molar-refractivity contribution in [3.8, 4) is 5.69 Å². The van der Waals surface area contributed by atoms with Crippen molar-refractivity contribution in [2.45, 2.75) is 39.2 Å². The lowest BCUT2D eigenvalue weighted by molar-refractivity contribution is -0.156. The molecule has 1 atom stereocenters. The monoisotopic (exact) mass is 306 g/mol. The molecule has 0 aliphatic heterocycles. The zero-order chi connectivity index (χ0) is 15.6. The number of hydrogen-bond acceptors (Lipinski definition) is 3. The molecule has 21 heavy (non-hydrogen) atoms. The lowest BCUT2D eigenvalue weighted by Crippen LogP contribution is -2.26. The molecule has 0 aliphatic rings.